The van der Waals surface area contributed by atoms with E-state index in [2.05, 4.69) is 31.4 Å². The summed E-state index contributed by atoms with van der Waals surface area (Å²) in [5.74, 6) is 0. The Labute approximate surface area is 84.9 Å². The van der Waals surface area contributed by atoms with Gasteiger partial charge in [0, 0.05) is 12.0 Å². The van der Waals surface area contributed by atoms with Crippen LogP contribution in [0.5, 0.6) is 0 Å². The molecule has 76 valence electrons. The van der Waals surface area contributed by atoms with Crippen molar-refractivity contribution in [1.29, 1.82) is 0 Å². The number of nitrogens with two attached hydrogens (primary N) is 1. The summed E-state index contributed by atoms with van der Waals surface area (Å²) in [5, 5.41) is 2.04. The third kappa shape index (κ3) is 1.49. The molecule has 1 aromatic rings. The standard InChI is InChI=1S/C11H17N3/c1-11(2)8-13-14(10(11)12)9-6-4-3-5-7-9/h3-7,10,13H,8,12H2,1-2H3. The molecule has 0 spiro atoms. The molecule has 0 bridgehead atoms. The first-order chi connectivity index (χ1) is 6.61. The lowest BCUT2D eigenvalue weighted by Crippen LogP contribution is -2.46. The average Bonchev–Trinajstić information content (AvgIpc) is 2.44. The first-order valence-corrected chi connectivity index (χ1v) is 4.95. The van der Waals surface area contributed by atoms with Crippen molar-refractivity contribution in [3.05, 3.63) is 30.3 Å². The molecule has 0 amide bonds. The fourth-order valence-electron chi connectivity index (χ4n) is 1.68. The Morgan fingerprint density at radius 3 is 2.50 bits per heavy atom. The zero-order valence-electron chi connectivity index (χ0n) is 8.70. The van der Waals surface area contributed by atoms with Crippen LogP contribution in [0, 0.1) is 5.41 Å². The maximum Gasteiger partial charge on any atom is 0.0988 e. The summed E-state index contributed by atoms with van der Waals surface area (Å²) in [5.41, 5.74) is 10.7. The third-order valence-electron chi connectivity index (χ3n) is 2.82. The lowest BCUT2D eigenvalue weighted by molar-refractivity contribution is 0.356. The first-order valence-electron chi connectivity index (χ1n) is 4.95. The Morgan fingerprint density at radius 1 is 1.36 bits per heavy atom. The average molecular weight is 191 g/mol. The van der Waals surface area contributed by atoms with Crippen molar-refractivity contribution in [2.24, 2.45) is 11.1 Å². The Bertz CT molecular complexity index is 308. The van der Waals surface area contributed by atoms with Gasteiger partial charge >= 0.3 is 0 Å². The number of nitrogens with one attached hydrogen (secondary N) is 1. The largest absolute Gasteiger partial charge is 0.310 e. The molecular weight excluding hydrogens is 174 g/mol. The summed E-state index contributed by atoms with van der Waals surface area (Å²) in [7, 11) is 0. The minimum Gasteiger partial charge on any atom is -0.310 e. The summed E-state index contributed by atoms with van der Waals surface area (Å²) in [4.78, 5) is 0. The minimum absolute atomic E-state index is 0.0323. The second-order valence-electron chi connectivity index (χ2n) is 4.47. The molecule has 1 fully saturated rings. The van der Waals surface area contributed by atoms with Gasteiger partial charge in [-0.1, -0.05) is 32.0 Å². The molecule has 0 radical (unpaired) electrons. The maximum absolute atomic E-state index is 6.15. The molecule has 3 heteroatoms. The quantitative estimate of drug-likeness (QED) is 0.703. The molecule has 3 nitrogen and oxygen atoms in total. The Hall–Kier alpha value is -1.06. The van der Waals surface area contributed by atoms with E-state index in [4.69, 9.17) is 5.73 Å². The van der Waals surface area contributed by atoms with E-state index in [0.717, 1.165) is 12.2 Å². The monoisotopic (exact) mass is 191 g/mol. The molecule has 1 saturated heterocycles. The summed E-state index contributed by atoms with van der Waals surface area (Å²) in [6.07, 6.45) is 0.0323. The van der Waals surface area contributed by atoms with Crippen molar-refractivity contribution in [3.8, 4) is 0 Å². The maximum atomic E-state index is 6.15. The van der Waals surface area contributed by atoms with Crippen molar-refractivity contribution in [1.82, 2.24) is 5.43 Å². The van der Waals surface area contributed by atoms with Crippen molar-refractivity contribution in [2.75, 3.05) is 11.6 Å². The first kappa shape index (κ1) is 9.49. The molecule has 1 heterocycles. The van der Waals surface area contributed by atoms with Crippen molar-refractivity contribution >= 4 is 5.69 Å². The number of para-hydroxylation sites is 1. The van der Waals surface area contributed by atoms with E-state index in [1.807, 2.05) is 23.2 Å². The van der Waals surface area contributed by atoms with Gasteiger partial charge in [0.05, 0.1) is 11.9 Å². The highest BCUT2D eigenvalue weighted by Crippen LogP contribution is 2.29. The van der Waals surface area contributed by atoms with E-state index in [0.29, 0.717) is 0 Å². The van der Waals surface area contributed by atoms with Crippen LogP contribution in [0.15, 0.2) is 30.3 Å². The van der Waals surface area contributed by atoms with Crippen molar-refractivity contribution in [3.63, 3.8) is 0 Å². The molecule has 1 aliphatic heterocycles. The van der Waals surface area contributed by atoms with Crippen LogP contribution >= 0.6 is 0 Å². The highest BCUT2D eigenvalue weighted by molar-refractivity contribution is 5.47. The van der Waals surface area contributed by atoms with E-state index in [1.165, 1.54) is 0 Å². The zero-order valence-corrected chi connectivity index (χ0v) is 8.70. The highest BCUT2D eigenvalue weighted by atomic mass is 15.6. The van der Waals surface area contributed by atoms with Gasteiger partial charge in [0.15, 0.2) is 0 Å². The van der Waals surface area contributed by atoms with Gasteiger partial charge in [-0.25, -0.2) is 5.43 Å². The number of nitrogens with zero attached hydrogens (tertiary/aromatic N) is 1. The van der Waals surface area contributed by atoms with E-state index < -0.39 is 0 Å². The fraction of sp³-hybridized carbons (Fsp3) is 0.455. The summed E-state index contributed by atoms with van der Waals surface area (Å²) in [6.45, 7) is 5.27. The van der Waals surface area contributed by atoms with Crippen LogP contribution in [-0.4, -0.2) is 12.7 Å². The number of hydrazine groups is 1. The number of hydrogen-bond acceptors (Lipinski definition) is 3. The molecule has 1 unspecified atom stereocenters. The molecule has 1 atom stereocenters. The van der Waals surface area contributed by atoms with Crippen LogP contribution in [0.4, 0.5) is 5.69 Å². The zero-order chi connectivity index (χ0) is 10.2. The van der Waals surface area contributed by atoms with Crippen LogP contribution in [0.3, 0.4) is 0 Å². The fourth-order valence-corrected chi connectivity index (χ4v) is 1.68. The summed E-state index contributed by atoms with van der Waals surface area (Å²) < 4.78 is 0. The normalized spacial score (nSPS) is 25.4. The third-order valence-corrected chi connectivity index (χ3v) is 2.82. The van der Waals surface area contributed by atoms with Crippen LogP contribution < -0.4 is 16.2 Å². The van der Waals surface area contributed by atoms with Gasteiger partial charge in [0.1, 0.15) is 0 Å². The van der Waals surface area contributed by atoms with Crippen LogP contribution in [-0.2, 0) is 0 Å². The molecule has 14 heavy (non-hydrogen) atoms. The van der Waals surface area contributed by atoms with Crippen LogP contribution in [0.1, 0.15) is 13.8 Å². The summed E-state index contributed by atoms with van der Waals surface area (Å²) >= 11 is 0. The van der Waals surface area contributed by atoms with Gasteiger partial charge in [0.25, 0.3) is 0 Å². The summed E-state index contributed by atoms with van der Waals surface area (Å²) in [6, 6.07) is 10.2. The molecule has 0 saturated carbocycles. The number of rotatable bonds is 1. The number of benzene rings is 1. The molecule has 0 aromatic heterocycles. The molecular formula is C11H17N3. The van der Waals surface area contributed by atoms with Gasteiger partial charge in [-0.15, -0.1) is 0 Å². The molecule has 3 N–H and O–H groups in total. The number of anilines is 1. The minimum atomic E-state index is 0.0323. The van der Waals surface area contributed by atoms with E-state index in [1.54, 1.807) is 0 Å². The van der Waals surface area contributed by atoms with Crippen molar-refractivity contribution < 1.29 is 0 Å². The molecule has 0 aliphatic carbocycles. The lowest BCUT2D eigenvalue weighted by atomic mass is 9.91. The van der Waals surface area contributed by atoms with Gasteiger partial charge in [-0.3, -0.25) is 5.01 Å². The number of hydrogen-bond donors (Lipinski definition) is 2. The molecule has 1 aliphatic rings. The predicted octanol–water partition coefficient (Wildman–Crippen LogP) is 1.32. The van der Waals surface area contributed by atoms with Gasteiger partial charge in [-0.2, -0.15) is 0 Å². The Morgan fingerprint density at radius 2 is 2.00 bits per heavy atom. The second kappa shape index (κ2) is 3.26. The molecule has 2 rings (SSSR count). The Kier molecular flexibility index (Phi) is 2.21. The van der Waals surface area contributed by atoms with Gasteiger partial charge in [-0.05, 0) is 12.1 Å². The van der Waals surface area contributed by atoms with Gasteiger partial charge in [0.2, 0.25) is 0 Å². The second-order valence-corrected chi connectivity index (χ2v) is 4.47. The van der Waals surface area contributed by atoms with Crippen LogP contribution in [0.2, 0.25) is 0 Å². The molecule has 1 aromatic carbocycles. The van der Waals surface area contributed by atoms with Gasteiger partial charge < -0.3 is 5.73 Å². The van der Waals surface area contributed by atoms with E-state index >= 15 is 0 Å². The SMILES string of the molecule is CC1(C)CNN(c2ccccc2)C1N. The van der Waals surface area contributed by atoms with Crippen LogP contribution in [0.25, 0.3) is 0 Å². The van der Waals surface area contributed by atoms with Crippen molar-refractivity contribution in [2.45, 2.75) is 20.0 Å². The lowest BCUT2D eigenvalue weighted by Gasteiger charge is -2.28. The smallest absolute Gasteiger partial charge is 0.0988 e. The predicted molar refractivity (Wildman–Crippen MR) is 58.7 cm³/mol. The van der Waals surface area contributed by atoms with E-state index in [-0.39, 0.29) is 11.6 Å². The topological polar surface area (TPSA) is 41.3 Å². The Balaban J connectivity index is 2.23. The highest BCUT2D eigenvalue weighted by Gasteiger charge is 2.37. The van der Waals surface area contributed by atoms with E-state index in [9.17, 15) is 0 Å².